The lowest BCUT2D eigenvalue weighted by Gasteiger charge is -2.33. The van der Waals surface area contributed by atoms with E-state index in [0.29, 0.717) is 24.8 Å². The van der Waals surface area contributed by atoms with E-state index in [1.165, 1.54) is 0 Å². The van der Waals surface area contributed by atoms with Gasteiger partial charge in [0.1, 0.15) is 23.1 Å². The van der Waals surface area contributed by atoms with E-state index < -0.39 is 0 Å². The molecule has 0 amide bonds. The van der Waals surface area contributed by atoms with Crippen molar-refractivity contribution >= 4 is 11.8 Å². The van der Waals surface area contributed by atoms with Crippen LogP contribution in [0.1, 0.15) is 25.3 Å². The monoisotopic (exact) mass is 441 g/mol. The van der Waals surface area contributed by atoms with E-state index in [4.69, 9.17) is 19.2 Å². The van der Waals surface area contributed by atoms with Gasteiger partial charge in [-0.05, 0) is 38.3 Å². The molecule has 1 aliphatic heterocycles. The largest absolute Gasteiger partial charge is 0.496 e. The van der Waals surface area contributed by atoms with Gasteiger partial charge in [0.2, 0.25) is 0 Å². The van der Waals surface area contributed by atoms with Crippen molar-refractivity contribution in [3.8, 4) is 17.2 Å². The van der Waals surface area contributed by atoms with Crippen LogP contribution in [-0.4, -0.2) is 64.5 Å². The molecule has 0 spiro atoms. The second kappa shape index (κ2) is 12.0. The van der Waals surface area contributed by atoms with E-state index in [0.717, 1.165) is 61.3 Å². The van der Waals surface area contributed by atoms with Crippen LogP contribution in [0.25, 0.3) is 0 Å². The highest BCUT2D eigenvalue weighted by Crippen LogP contribution is 2.34. The zero-order chi connectivity index (χ0) is 22.8. The summed E-state index contributed by atoms with van der Waals surface area (Å²) in [7, 11) is 4.95. The molecule has 0 radical (unpaired) electrons. The summed E-state index contributed by atoms with van der Waals surface area (Å²) in [5.41, 5.74) is 0.985. The number of aliphatic imine (C=N–C) groups is 1. The number of rotatable bonds is 9. The molecule has 0 bridgehead atoms. The summed E-state index contributed by atoms with van der Waals surface area (Å²) in [5, 5.41) is 6.96. The van der Waals surface area contributed by atoms with Crippen LogP contribution < -0.4 is 29.7 Å². The fourth-order valence-electron chi connectivity index (χ4n) is 3.91. The van der Waals surface area contributed by atoms with Crippen LogP contribution in [0.4, 0.5) is 5.82 Å². The smallest absolute Gasteiger partial charge is 0.191 e. The fourth-order valence-corrected chi connectivity index (χ4v) is 3.91. The highest BCUT2D eigenvalue weighted by atomic mass is 16.5. The number of piperidine rings is 1. The van der Waals surface area contributed by atoms with Crippen molar-refractivity contribution in [2.24, 2.45) is 4.99 Å². The molecular weight excluding hydrogens is 406 g/mol. The molecule has 2 heterocycles. The predicted octanol–water partition coefficient (Wildman–Crippen LogP) is 2.87. The third-order valence-electron chi connectivity index (χ3n) is 5.60. The first-order valence-electron chi connectivity index (χ1n) is 11.2. The number of pyridine rings is 1. The number of nitrogens with zero attached hydrogens (tertiary/aromatic N) is 3. The van der Waals surface area contributed by atoms with Crippen LogP contribution in [-0.2, 0) is 6.42 Å². The number of hydrogen-bond acceptors (Lipinski definition) is 6. The lowest BCUT2D eigenvalue weighted by atomic mass is 10.1. The van der Waals surface area contributed by atoms with Crippen molar-refractivity contribution in [3.05, 3.63) is 42.1 Å². The minimum absolute atomic E-state index is 0.387. The number of benzene rings is 1. The molecule has 32 heavy (non-hydrogen) atoms. The number of ether oxygens (including phenoxy) is 3. The van der Waals surface area contributed by atoms with Crippen molar-refractivity contribution in [2.75, 3.05) is 52.4 Å². The molecule has 1 aromatic heterocycles. The van der Waals surface area contributed by atoms with Gasteiger partial charge in [0.15, 0.2) is 5.96 Å². The Balaban J connectivity index is 1.59. The topological polar surface area (TPSA) is 80.2 Å². The summed E-state index contributed by atoms with van der Waals surface area (Å²) in [6, 6.07) is 10.2. The Bertz CT molecular complexity index is 842. The van der Waals surface area contributed by atoms with E-state index in [1.54, 1.807) is 21.3 Å². The Morgan fingerprint density at radius 3 is 2.38 bits per heavy atom. The number of nitrogens with one attached hydrogen (secondary N) is 2. The van der Waals surface area contributed by atoms with Gasteiger partial charge in [0.05, 0.1) is 21.3 Å². The van der Waals surface area contributed by atoms with Crippen LogP contribution >= 0.6 is 0 Å². The molecule has 1 fully saturated rings. The van der Waals surface area contributed by atoms with E-state index in [-0.39, 0.29) is 0 Å². The van der Waals surface area contributed by atoms with Gasteiger partial charge in [-0.15, -0.1) is 0 Å². The van der Waals surface area contributed by atoms with Gasteiger partial charge >= 0.3 is 0 Å². The Hall–Kier alpha value is -3.16. The van der Waals surface area contributed by atoms with Crippen LogP contribution in [0, 0.1) is 0 Å². The van der Waals surface area contributed by atoms with E-state index in [1.807, 2.05) is 30.5 Å². The van der Waals surface area contributed by atoms with E-state index in [2.05, 4.69) is 33.5 Å². The molecule has 0 unspecified atom stereocenters. The number of guanidine groups is 1. The quantitative estimate of drug-likeness (QED) is 0.457. The lowest BCUT2D eigenvalue weighted by Crippen LogP contribution is -2.49. The van der Waals surface area contributed by atoms with Crippen LogP contribution in [0.5, 0.6) is 17.2 Å². The predicted molar refractivity (Wildman–Crippen MR) is 128 cm³/mol. The van der Waals surface area contributed by atoms with Gasteiger partial charge in [0, 0.05) is 56.1 Å². The minimum atomic E-state index is 0.387. The summed E-state index contributed by atoms with van der Waals surface area (Å²) >= 11 is 0. The van der Waals surface area contributed by atoms with Gasteiger partial charge in [-0.1, -0.05) is 6.07 Å². The SMILES string of the molecule is CCNC(=NCCc1c(OC)cc(OC)cc1OC)NC1CCN(c2ccccn2)CC1. The molecule has 2 N–H and O–H groups in total. The number of hydrogen-bond donors (Lipinski definition) is 2. The number of aromatic nitrogens is 1. The molecule has 8 heteroatoms. The highest BCUT2D eigenvalue weighted by Gasteiger charge is 2.21. The zero-order valence-electron chi connectivity index (χ0n) is 19.6. The second-order valence-corrected chi connectivity index (χ2v) is 7.61. The number of anilines is 1. The minimum Gasteiger partial charge on any atom is -0.496 e. The van der Waals surface area contributed by atoms with Crippen LogP contribution in [0.15, 0.2) is 41.5 Å². The van der Waals surface area contributed by atoms with Gasteiger partial charge in [-0.25, -0.2) is 4.98 Å². The van der Waals surface area contributed by atoms with Crippen molar-refractivity contribution in [2.45, 2.75) is 32.2 Å². The number of methoxy groups -OCH3 is 3. The summed E-state index contributed by atoms with van der Waals surface area (Å²) < 4.78 is 16.4. The summed E-state index contributed by atoms with van der Waals surface area (Å²) in [5.74, 6) is 4.09. The molecule has 0 saturated carbocycles. The molecule has 8 nitrogen and oxygen atoms in total. The molecular formula is C24H35N5O3. The Labute approximate surface area is 191 Å². The van der Waals surface area contributed by atoms with Crippen molar-refractivity contribution < 1.29 is 14.2 Å². The Morgan fingerprint density at radius 2 is 1.81 bits per heavy atom. The molecule has 3 rings (SSSR count). The first-order valence-corrected chi connectivity index (χ1v) is 11.2. The first kappa shape index (κ1) is 23.5. The maximum absolute atomic E-state index is 5.55. The third-order valence-corrected chi connectivity index (χ3v) is 5.60. The molecule has 1 aliphatic rings. The van der Waals surface area contributed by atoms with Crippen LogP contribution in [0.3, 0.4) is 0 Å². The molecule has 0 aliphatic carbocycles. The Kier molecular flexibility index (Phi) is 8.83. The average molecular weight is 442 g/mol. The molecule has 2 aromatic rings. The maximum atomic E-state index is 5.55. The fraction of sp³-hybridized carbons (Fsp3) is 0.500. The summed E-state index contributed by atoms with van der Waals surface area (Å²) in [4.78, 5) is 11.6. The maximum Gasteiger partial charge on any atom is 0.191 e. The molecule has 174 valence electrons. The van der Waals surface area contributed by atoms with Gasteiger partial charge in [-0.3, -0.25) is 4.99 Å². The van der Waals surface area contributed by atoms with Gasteiger partial charge < -0.3 is 29.7 Å². The summed E-state index contributed by atoms with van der Waals surface area (Å²) in [6.45, 7) is 5.47. The van der Waals surface area contributed by atoms with Crippen molar-refractivity contribution in [1.29, 1.82) is 0 Å². The highest BCUT2D eigenvalue weighted by molar-refractivity contribution is 5.80. The summed E-state index contributed by atoms with van der Waals surface area (Å²) in [6.07, 6.45) is 4.63. The molecule has 1 aromatic carbocycles. The first-order chi connectivity index (χ1) is 15.7. The van der Waals surface area contributed by atoms with E-state index >= 15 is 0 Å². The standard InChI is InChI=1S/C24H35N5O3/c1-5-25-24(28-18-10-14-29(15-11-18)23-8-6-7-12-26-23)27-13-9-20-21(31-3)16-19(30-2)17-22(20)32-4/h6-8,12,16-18H,5,9-11,13-15H2,1-4H3,(H2,25,27,28). The molecule has 0 atom stereocenters. The second-order valence-electron chi connectivity index (χ2n) is 7.61. The van der Waals surface area contributed by atoms with Gasteiger partial charge in [-0.2, -0.15) is 0 Å². The van der Waals surface area contributed by atoms with E-state index in [9.17, 15) is 0 Å². The van der Waals surface area contributed by atoms with Gasteiger partial charge in [0.25, 0.3) is 0 Å². The average Bonchev–Trinajstić information content (AvgIpc) is 2.85. The lowest BCUT2D eigenvalue weighted by molar-refractivity contribution is 0.369. The normalized spacial score (nSPS) is 14.8. The van der Waals surface area contributed by atoms with Crippen LogP contribution in [0.2, 0.25) is 0 Å². The van der Waals surface area contributed by atoms with Crippen molar-refractivity contribution in [3.63, 3.8) is 0 Å². The Morgan fingerprint density at radius 1 is 1.09 bits per heavy atom. The molecule has 1 saturated heterocycles. The van der Waals surface area contributed by atoms with Crippen molar-refractivity contribution in [1.82, 2.24) is 15.6 Å². The zero-order valence-corrected chi connectivity index (χ0v) is 19.6. The third kappa shape index (κ3) is 6.18.